The molecule has 0 fully saturated rings. The number of benzene rings is 1. The second-order valence-electron chi connectivity index (χ2n) is 4.20. The van der Waals surface area contributed by atoms with Crippen LogP contribution in [0.3, 0.4) is 0 Å². The molecule has 1 aromatic carbocycles. The molecule has 0 aliphatic heterocycles. The van der Waals surface area contributed by atoms with Gasteiger partial charge >= 0.3 is 6.09 Å². The van der Waals surface area contributed by atoms with Gasteiger partial charge < -0.3 is 9.64 Å². The average molecular weight is 221 g/mol. The van der Waals surface area contributed by atoms with Crippen LogP contribution in [0.25, 0.3) is 0 Å². The Bertz CT molecular complexity index is 376. The molecular weight excluding hydrogens is 202 g/mol. The smallest absolute Gasteiger partial charge is 0.409 e. The van der Waals surface area contributed by atoms with Crippen molar-refractivity contribution < 1.29 is 9.53 Å². The van der Waals surface area contributed by atoms with Gasteiger partial charge in [-0.1, -0.05) is 17.7 Å². The van der Waals surface area contributed by atoms with E-state index < -0.39 is 0 Å². The first kappa shape index (κ1) is 12.6. The van der Waals surface area contributed by atoms with Crippen LogP contribution in [0.15, 0.2) is 12.1 Å². The summed E-state index contributed by atoms with van der Waals surface area (Å²) >= 11 is 0. The van der Waals surface area contributed by atoms with Gasteiger partial charge in [0.15, 0.2) is 0 Å². The van der Waals surface area contributed by atoms with Crippen LogP contribution in [0, 0.1) is 20.8 Å². The first-order chi connectivity index (χ1) is 7.45. The van der Waals surface area contributed by atoms with E-state index in [2.05, 4.69) is 37.6 Å². The molecule has 0 radical (unpaired) electrons. The van der Waals surface area contributed by atoms with E-state index in [0.29, 0.717) is 6.54 Å². The minimum atomic E-state index is -0.306. The number of carbonyl (C=O) groups is 1. The highest BCUT2D eigenvalue weighted by atomic mass is 16.5. The van der Waals surface area contributed by atoms with Crippen molar-refractivity contribution in [2.45, 2.75) is 27.3 Å². The molecule has 0 saturated carbocycles. The fraction of sp³-hybridized carbons (Fsp3) is 0.462. The van der Waals surface area contributed by atoms with E-state index in [9.17, 15) is 4.79 Å². The number of rotatable bonds is 2. The van der Waals surface area contributed by atoms with Crippen molar-refractivity contribution in [1.29, 1.82) is 0 Å². The molecule has 3 nitrogen and oxygen atoms in total. The number of aryl methyl sites for hydroxylation is 3. The maximum absolute atomic E-state index is 11.3. The SMILES string of the molecule is COC(=O)N(C)Cc1c(C)cc(C)cc1C. The standard InChI is InChI=1S/C13H19NO2/c1-9-6-10(2)12(11(3)7-9)8-14(4)13(15)16-5/h6-7H,8H2,1-5H3. The van der Waals surface area contributed by atoms with E-state index in [4.69, 9.17) is 0 Å². The maximum Gasteiger partial charge on any atom is 0.409 e. The summed E-state index contributed by atoms with van der Waals surface area (Å²) in [6, 6.07) is 4.26. The number of carbonyl (C=O) groups excluding carboxylic acids is 1. The van der Waals surface area contributed by atoms with Crippen LogP contribution in [0.4, 0.5) is 4.79 Å². The summed E-state index contributed by atoms with van der Waals surface area (Å²) in [7, 11) is 3.14. The van der Waals surface area contributed by atoms with Crippen molar-refractivity contribution in [3.8, 4) is 0 Å². The minimum Gasteiger partial charge on any atom is -0.453 e. The Morgan fingerprint density at radius 3 is 2.19 bits per heavy atom. The number of hydrogen-bond acceptors (Lipinski definition) is 2. The third-order valence-electron chi connectivity index (χ3n) is 2.72. The summed E-state index contributed by atoms with van der Waals surface area (Å²) < 4.78 is 4.67. The van der Waals surface area contributed by atoms with Crippen LogP contribution in [0.1, 0.15) is 22.3 Å². The molecule has 0 aromatic heterocycles. The van der Waals surface area contributed by atoms with Gasteiger partial charge in [-0.15, -0.1) is 0 Å². The molecule has 0 atom stereocenters. The van der Waals surface area contributed by atoms with Gasteiger partial charge in [-0.2, -0.15) is 0 Å². The van der Waals surface area contributed by atoms with Gasteiger partial charge in [0.2, 0.25) is 0 Å². The highest BCUT2D eigenvalue weighted by molar-refractivity contribution is 5.67. The zero-order chi connectivity index (χ0) is 12.3. The van der Waals surface area contributed by atoms with E-state index in [1.165, 1.54) is 29.4 Å². The fourth-order valence-electron chi connectivity index (χ4n) is 1.92. The minimum absolute atomic E-state index is 0.306. The van der Waals surface area contributed by atoms with Crippen LogP contribution in [0.5, 0.6) is 0 Å². The summed E-state index contributed by atoms with van der Waals surface area (Å²) in [5.41, 5.74) is 4.87. The van der Waals surface area contributed by atoms with Crippen LogP contribution in [-0.2, 0) is 11.3 Å². The Balaban J connectivity index is 2.93. The third kappa shape index (κ3) is 2.75. The van der Waals surface area contributed by atoms with Gasteiger partial charge in [0, 0.05) is 13.6 Å². The Hall–Kier alpha value is -1.51. The highest BCUT2D eigenvalue weighted by Crippen LogP contribution is 2.18. The molecule has 0 aliphatic rings. The molecule has 88 valence electrons. The number of ether oxygens (including phenoxy) is 1. The van der Waals surface area contributed by atoms with Gasteiger partial charge in [0.1, 0.15) is 0 Å². The molecule has 0 spiro atoms. The van der Waals surface area contributed by atoms with Crippen LogP contribution in [0.2, 0.25) is 0 Å². The summed E-state index contributed by atoms with van der Waals surface area (Å²) in [4.78, 5) is 12.9. The molecule has 16 heavy (non-hydrogen) atoms. The molecule has 0 unspecified atom stereocenters. The molecule has 0 bridgehead atoms. The lowest BCUT2D eigenvalue weighted by Gasteiger charge is -2.19. The quantitative estimate of drug-likeness (QED) is 0.768. The molecular formula is C13H19NO2. The predicted octanol–water partition coefficient (Wildman–Crippen LogP) is 2.81. The average Bonchev–Trinajstić information content (AvgIpc) is 2.21. The van der Waals surface area contributed by atoms with E-state index >= 15 is 0 Å². The van der Waals surface area contributed by atoms with Crippen molar-refractivity contribution in [3.05, 3.63) is 34.4 Å². The van der Waals surface area contributed by atoms with Gasteiger partial charge in [-0.05, 0) is 37.5 Å². The monoisotopic (exact) mass is 221 g/mol. The van der Waals surface area contributed by atoms with Crippen LogP contribution in [-0.4, -0.2) is 25.2 Å². The summed E-state index contributed by atoms with van der Waals surface area (Å²) in [5, 5.41) is 0. The first-order valence-corrected chi connectivity index (χ1v) is 5.31. The summed E-state index contributed by atoms with van der Waals surface area (Å²) in [6.45, 7) is 6.80. The van der Waals surface area contributed by atoms with Crippen molar-refractivity contribution in [1.82, 2.24) is 4.90 Å². The van der Waals surface area contributed by atoms with Gasteiger partial charge in [-0.3, -0.25) is 0 Å². The van der Waals surface area contributed by atoms with Gasteiger partial charge in [0.25, 0.3) is 0 Å². The Morgan fingerprint density at radius 2 is 1.75 bits per heavy atom. The number of amides is 1. The molecule has 1 amide bonds. The molecule has 0 saturated heterocycles. The first-order valence-electron chi connectivity index (χ1n) is 5.31. The van der Waals surface area contributed by atoms with E-state index in [1.807, 2.05) is 0 Å². The third-order valence-corrected chi connectivity index (χ3v) is 2.72. The van der Waals surface area contributed by atoms with E-state index in [-0.39, 0.29) is 6.09 Å². The maximum atomic E-state index is 11.3. The largest absolute Gasteiger partial charge is 0.453 e. The van der Waals surface area contributed by atoms with Crippen molar-refractivity contribution in [2.24, 2.45) is 0 Å². The second-order valence-corrected chi connectivity index (χ2v) is 4.20. The molecule has 3 heteroatoms. The number of nitrogens with zero attached hydrogens (tertiary/aromatic N) is 1. The van der Waals surface area contributed by atoms with Gasteiger partial charge in [0.05, 0.1) is 7.11 Å². The molecule has 1 aromatic rings. The second kappa shape index (κ2) is 5.01. The Labute approximate surface area is 97.0 Å². The number of hydrogen-bond donors (Lipinski definition) is 0. The van der Waals surface area contributed by atoms with E-state index in [1.54, 1.807) is 11.9 Å². The lowest BCUT2D eigenvalue weighted by molar-refractivity contribution is 0.131. The zero-order valence-electron chi connectivity index (χ0n) is 10.6. The molecule has 1 rings (SSSR count). The molecule has 0 aliphatic carbocycles. The van der Waals surface area contributed by atoms with Crippen LogP contribution >= 0.6 is 0 Å². The van der Waals surface area contributed by atoms with Crippen molar-refractivity contribution in [3.63, 3.8) is 0 Å². The fourth-order valence-corrected chi connectivity index (χ4v) is 1.92. The topological polar surface area (TPSA) is 29.5 Å². The molecule has 0 heterocycles. The van der Waals surface area contributed by atoms with Crippen LogP contribution < -0.4 is 0 Å². The Morgan fingerprint density at radius 1 is 1.25 bits per heavy atom. The zero-order valence-corrected chi connectivity index (χ0v) is 10.6. The summed E-state index contributed by atoms with van der Waals surface area (Å²) in [5.74, 6) is 0. The normalized spacial score (nSPS) is 10.1. The Kier molecular flexibility index (Phi) is 3.93. The van der Waals surface area contributed by atoms with Crippen molar-refractivity contribution >= 4 is 6.09 Å². The lowest BCUT2D eigenvalue weighted by Crippen LogP contribution is -2.26. The van der Waals surface area contributed by atoms with Gasteiger partial charge in [-0.25, -0.2) is 4.79 Å². The van der Waals surface area contributed by atoms with Crippen molar-refractivity contribution in [2.75, 3.05) is 14.2 Å². The predicted molar refractivity (Wildman–Crippen MR) is 64.5 cm³/mol. The number of methoxy groups -OCH3 is 1. The molecule has 0 N–H and O–H groups in total. The van der Waals surface area contributed by atoms with E-state index in [0.717, 1.165) is 0 Å². The lowest BCUT2D eigenvalue weighted by atomic mass is 9.99. The summed E-state index contributed by atoms with van der Waals surface area (Å²) in [6.07, 6.45) is -0.306. The highest BCUT2D eigenvalue weighted by Gasteiger charge is 2.11.